The van der Waals surface area contributed by atoms with Gasteiger partial charge in [-0.25, -0.2) is 0 Å². The molecule has 1 unspecified atom stereocenters. The first kappa shape index (κ1) is 20.3. The van der Waals surface area contributed by atoms with Crippen LogP contribution in [0.15, 0.2) is 29.2 Å². The van der Waals surface area contributed by atoms with Gasteiger partial charge in [0.15, 0.2) is 0 Å². The highest BCUT2D eigenvalue weighted by atomic mass is 32.2. The molecule has 0 spiro atoms. The summed E-state index contributed by atoms with van der Waals surface area (Å²) in [5.41, 5.74) is 0.784. The molecule has 2 rings (SSSR count). The SMILES string of the molecule is CC(C)CC(CNC(=O)c1ccccc1SC(C)C)N1CCOCC1. The topological polar surface area (TPSA) is 41.6 Å². The van der Waals surface area contributed by atoms with Gasteiger partial charge in [-0.05, 0) is 24.5 Å². The van der Waals surface area contributed by atoms with Gasteiger partial charge in [-0.15, -0.1) is 11.8 Å². The number of hydrogen-bond donors (Lipinski definition) is 1. The van der Waals surface area contributed by atoms with E-state index in [1.165, 1.54) is 0 Å². The second-order valence-electron chi connectivity index (χ2n) is 7.30. The molecule has 1 fully saturated rings. The van der Waals surface area contributed by atoms with E-state index in [0.29, 0.717) is 23.8 Å². The Morgan fingerprint density at radius 2 is 1.88 bits per heavy atom. The summed E-state index contributed by atoms with van der Waals surface area (Å²) in [6, 6.07) is 8.26. The zero-order chi connectivity index (χ0) is 18.2. The summed E-state index contributed by atoms with van der Waals surface area (Å²) in [6.07, 6.45) is 1.09. The van der Waals surface area contributed by atoms with E-state index in [1.54, 1.807) is 11.8 Å². The van der Waals surface area contributed by atoms with E-state index < -0.39 is 0 Å². The number of amides is 1. The third kappa shape index (κ3) is 6.65. The Morgan fingerprint density at radius 3 is 2.52 bits per heavy atom. The van der Waals surface area contributed by atoms with Crippen molar-refractivity contribution in [2.45, 2.75) is 50.3 Å². The van der Waals surface area contributed by atoms with Crippen LogP contribution in [0, 0.1) is 5.92 Å². The van der Waals surface area contributed by atoms with Gasteiger partial charge < -0.3 is 10.1 Å². The number of benzene rings is 1. The van der Waals surface area contributed by atoms with Gasteiger partial charge in [0.2, 0.25) is 0 Å². The van der Waals surface area contributed by atoms with Gasteiger partial charge >= 0.3 is 0 Å². The Labute approximate surface area is 156 Å². The number of rotatable bonds is 8. The minimum Gasteiger partial charge on any atom is -0.379 e. The maximum Gasteiger partial charge on any atom is 0.252 e. The minimum atomic E-state index is 0.0331. The Bertz CT molecular complexity index is 542. The molecule has 0 aliphatic carbocycles. The molecule has 0 aromatic heterocycles. The quantitative estimate of drug-likeness (QED) is 0.715. The van der Waals surface area contributed by atoms with Crippen molar-refractivity contribution in [3.8, 4) is 0 Å². The van der Waals surface area contributed by atoms with E-state index in [2.05, 4.69) is 37.9 Å². The summed E-state index contributed by atoms with van der Waals surface area (Å²) in [5, 5.41) is 3.64. The lowest BCUT2D eigenvalue weighted by atomic mass is 10.0. The molecular formula is C20H32N2O2S. The van der Waals surface area contributed by atoms with Crippen molar-refractivity contribution in [2.75, 3.05) is 32.8 Å². The highest BCUT2D eigenvalue weighted by Crippen LogP contribution is 2.26. The minimum absolute atomic E-state index is 0.0331. The van der Waals surface area contributed by atoms with Crippen LogP contribution in [0.5, 0.6) is 0 Å². The van der Waals surface area contributed by atoms with Crippen molar-refractivity contribution < 1.29 is 9.53 Å². The molecule has 5 heteroatoms. The highest BCUT2D eigenvalue weighted by Gasteiger charge is 2.23. The van der Waals surface area contributed by atoms with Crippen molar-refractivity contribution in [2.24, 2.45) is 5.92 Å². The first-order chi connectivity index (χ1) is 12.0. The maximum atomic E-state index is 12.8. The largest absolute Gasteiger partial charge is 0.379 e. The molecule has 1 saturated heterocycles. The van der Waals surface area contributed by atoms with Crippen LogP contribution in [0.4, 0.5) is 0 Å². The summed E-state index contributed by atoms with van der Waals surface area (Å²) in [4.78, 5) is 16.3. The number of nitrogens with one attached hydrogen (secondary N) is 1. The molecule has 1 aromatic rings. The van der Waals surface area contributed by atoms with Crippen LogP contribution in [-0.2, 0) is 4.74 Å². The first-order valence-corrected chi connectivity index (χ1v) is 10.2. The van der Waals surface area contributed by atoms with Crippen LogP contribution >= 0.6 is 11.8 Å². The zero-order valence-corrected chi connectivity index (χ0v) is 16.8. The van der Waals surface area contributed by atoms with Gasteiger partial charge in [0.25, 0.3) is 5.91 Å². The Morgan fingerprint density at radius 1 is 1.20 bits per heavy atom. The number of ether oxygens (including phenoxy) is 1. The van der Waals surface area contributed by atoms with Crippen LogP contribution in [0.25, 0.3) is 0 Å². The average molecular weight is 365 g/mol. The molecule has 140 valence electrons. The molecular weight excluding hydrogens is 332 g/mol. The number of thioether (sulfide) groups is 1. The lowest BCUT2D eigenvalue weighted by molar-refractivity contribution is 0.0124. The molecule has 1 aliphatic heterocycles. The van der Waals surface area contributed by atoms with Crippen molar-refractivity contribution in [1.29, 1.82) is 0 Å². The Kier molecular flexibility index (Phi) is 8.27. The summed E-state index contributed by atoms with van der Waals surface area (Å²) in [6.45, 7) is 12.9. The monoisotopic (exact) mass is 364 g/mol. The fourth-order valence-electron chi connectivity index (χ4n) is 3.16. The van der Waals surface area contributed by atoms with Crippen molar-refractivity contribution in [3.05, 3.63) is 29.8 Å². The number of carbonyl (C=O) groups is 1. The van der Waals surface area contributed by atoms with E-state index in [4.69, 9.17) is 4.74 Å². The van der Waals surface area contributed by atoms with Crippen LogP contribution in [-0.4, -0.2) is 54.9 Å². The van der Waals surface area contributed by atoms with Crippen LogP contribution in [0.3, 0.4) is 0 Å². The molecule has 25 heavy (non-hydrogen) atoms. The number of hydrogen-bond acceptors (Lipinski definition) is 4. The molecule has 0 bridgehead atoms. The number of morpholine rings is 1. The summed E-state index contributed by atoms with van der Waals surface area (Å²) in [5.74, 6) is 0.638. The van der Waals surface area contributed by atoms with Crippen LogP contribution in [0.2, 0.25) is 0 Å². The van der Waals surface area contributed by atoms with E-state index in [1.807, 2.05) is 24.3 Å². The zero-order valence-electron chi connectivity index (χ0n) is 16.0. The standard InChI is InChI=1S/C20H32N2O2S/c1-15(2)13-17(22-9-11-24-12-10-22)14-21-20(23)18-7-5-6-8-19(18)25-16(3)4/h5-8,15-17H,9-14H2,1-4H3,(H,21,23). The number of nitrogens with zero attached hydrogens (tertiary/aromatic N) is 1. The van der Waals surface area contributed by atoms with Crippen molar-refractivity contribution in [3.63, 3.8) is 0 Å². The van der Waals surface area contributed by atoms with E-state index in [9.17, 15) is 4.79 Å². The molecule has 1 N–H and O–H groups in total. The molecule has 1 heterocycles. The molecule has 4 nitrogen and oxygen atoms in total. The van der Waals surface area contributed by atoms with Gasteiger partial charge in [0.05, 0.1) is 18.8 Å². The summed E-state index contributed by atoms with van der Waals surface area (Å²) >= 11 is 1.74. The van der Waals surface area contributed by atoms with Gasteiger partial charge in [-0.3, -0.25) is 9.69 Å². The van der Waals surface area contributed by atoms with Gasteiger partial charge in [0, 0.05) is 35.8 Å². The molecule has 1 atom stereocenters. The van der Waals surface area contributed by atoms with Crippen molar-refractivity contribution >= 4 is 17.7 Å². The van der Waals surface area contributed by atoms with Crippen LogP contribution < -0.4 is 5.32 Å². The maximum absolute atomic E-state index is 12.8. The predicted octanol–water partition coefficient (Wildman–Crippen LogP) is 3.66. The molecule has 1 aliphatic rings. The molecule has 0 saturated carbocycles. The number of carbonyl (C=O) groups excluding carboxylic acids is 1. The Balaban J connectivity index is 2.00. The fraction of sp³-hybridized carbons (Fsp3) is 0.650. The predicted molar refractivity (Wildman–Crippen MR) is 105 cm³/mol. The van der Waals surface area contributed by atoms with E-state index in [0.717, 1.165) is 43.2 Å². The van der Waals surface area contributed by atoms with E-state index >= 15 is 0 Å². The van der Waals surface area contributed by atoms with Gasteiger partial charge in [-0.1, -0.05) is 39.8 Å². The second-order valence-corrected chi connectivity index (χ2v) is 8.92. The lowest BCUT2D eigenvalue weighted by Gasteiger charge is -2.35. The van der Waals surface area contributed by atoms with Gasteiger partial charge in [0.1, 0.15) is 0 Å². The smallest absolute Gasteiger partial charge is 0.252 e. The third-order valence-corrected chi connectivity index (χ3v) is 5.38. The normalized spacial score (nSPS) is 17.0. The summed E-state index contributed by atoms with van der Waals surface area (Å²) < 4.78 is 5.47. The summed E-state index contributed by atoms with van der Waals surface area (Å²) in [7, 11) is 0. The highest BCUT2D eigenvalue weighted by molar-refractivity contribution is 8.00. The first-order valence-electron chi connectivity index (χ1n) is 9.33. The van der Waals surface area contributed by atoms with Gasteiger partial charge in [-0.2, -0.15) is 0 Å². The second kappa shape index (κ2) is 10.2. The lowest BCUT2D eigenvalue weighted by Crippen LogP contribution is -2.49. The fourth-order valence-corrected chi connectivity index (χ4v) is 4.12. The Hall–Kier alpha value is -1.04. The van der Waals surface area contributed by atoms with Crippen molar-refractivity contribution in [1.82, 2.24) is 10.2 Å². The molecule has 1 amide bonds. The average Bonchev–Trinajstić information content (AvgIpc) is 2.58. The molecule has 0 radical (unpaired) electrons. The third-order valence-electron chi connectivity index (χ3n) is 4.30. The van der Waals surface area contributed by atoms with E-state index in [-0.39, 0.29) is 5.91 Å². The molecule has 1 aromatic carbocycles. The van der Waals surface area contributed by atoms with Crippen LogP contribution in [0.1, 0.15) is 44.5 Å².